The van der Waals surface area contributed by atoms with E-state index in [2.05, 4.69) is 10.2 Å². The lowest BCUT2D eigenvalue weighted by atomic mass is 10.1. The molecule has 0 unspecified atom stereocenters. The van der Waals surface area contributed by atoms with Gasteiger partial charge in [0.1, 0.15) is 11.5 Å². The summed E-state index contributed by atoms with van der Waals surface area (Å²) in [6.45, 7) is 5.19. The number of benzene rings is 2. The van der Waals surface area contributed by atoms with Gasteiger partial charge in [-0.3, -0.25) is 4.90 Å². The number of nitrogens with one attached hydrogen (secondary N) is 1. The predicted octanol–water partition coefficient (Wildman–Crippen LogP) is 4.77. The third kappa shape index (κ3) is 6.90. The molecule has 7 nitrogen and oxygen atoms in total. The van der Waals surface area contributed by atoms with Crippen LogP contribution in [0.5, 0.6) is 11.5 Å². The first-order valence-corrected chi connectivity index (χ1v) is 11.3. The first kappa shape index (κ1) is 24.5. The van der Waals surface area contributed by atoms with Crippen LogP contribution in [0.4, 0.5) is 10.5 Å². The molecule has 1 fully saturated rings. The molecule has 0 aliphatic carbocycles. The van der Waals surface area contributed by atoms with Crippen molar-refractivity contribution in [1.82, 2.24) is 9.80 Å². The molecule has 1 saturated heterocycles. The molecule has 2 aromatic rings. The lowest BCUT2D eigenvalue weighted by Crippen LogP contribution is -2.40. The van der Waals surface area contributed by atoms with Gasteiger partial charge in [0.15, 0.2) is 0 Å². The SMILES string of the molecule is COc1ccc(CN(CCCN2CCOCC2)C(=O)Nc2ccc(Cl)cc2Cl)c(OC)c1. The molecule has 0 radical (unpaired) electrons. The van der Waals surface area contributed by atoms with Crippen molar-refractivity contribution in [1.29, 1.82) is 0 Å². The largest absolute Gasteiger partial charge is 0.497 e. The topological polar surface area (TPSA) is 63.3 Å². The van der Waals surface area contributed by atoms with Crippen LogP contribution in [0.3, 0.4) is 0 Å². The molecule has 3 rings (SSSR count). The Morgan fingerprint density at radius 2 is 1.91 bits per heavy atom. The Labute approximate surface area is 199 Å². The summed E-state index contributed by atoms with van der Waals surface area (Å²) >= 11 is 12.2. The minimum Gasteiger partial charge on any atom is -0.497 e. The summed E-state index contributed by atoms with van der Waals surface area (Å²) < 4.78 is 16.2. The highest BCUT2D eigenvalue weighted by atomic mass is 35.5. The molecule has 1 aliphatic rings. The van der Waals surface area contributed by atoms with Crippen LogP contribution < -0.4 is 14.8 Å². The second kappa shape index (κ2) is 12.2. The minimum absolute atomic E-state index is 0.242. The molecule has 0 saturated carbocycles. The molecule has 1 aliphatic heterocycles. The van der Waals surface area contributed by atoms with E-state index < -0.39 is 0 Å². The number of hydrogen-bond acceptors (Lipinski definition) is 5. The zero-order chi connectivity index (χ0) is 22.9. The Bertz CT molecular complexity index is 907. The second-order valence-electron chi connectivity index (χ2n) is 7.46. The van der Waals surface area contributed by atoms with E-state index in [1.54, 1.807) is 37.3 Å². The fourth-order valence-electron chi connectivity index (χ4n) is 3.54. The predicted molar refractivity (Wildman–Crippen MR) is 127 cm³/mol. The average Bonchev–Trinajstić information content (AvgIpc) is 2.81. The molecule has 0 bridgehead atoms. The summed E-state index contributed by atoms with van der Waals surface area (Å²) in [5.41, 5.74) is 1.40. The van der Waals surface area contributed by atoms with Crippen molar-refractivity contribution in [3.63, 3.8) is 0 Å². The third-order valence-corrected chi connectivity index (χ3v) is 5.87. The lowest BCUT2D eigenvalue weighted by Gasteiger charge is -2.29. The van der Waals surface area contributed by atoms with Gasteiger partial charge in [-0.1, -0.05) is 23.2 Å². The van der Waals surface area contributed by atoms with E-state index in [1.807, 2.05) is 18.2 Å². The first-order chi connectivity index (χ1) is 15.5. The first-order valence-electron chi connectivity index (χ1n) is 10.5. The molecule has 174 valence electrons. The van der Waals surface area contributed by atoms with Gasteiger partial charge in [0, 0.05) is 42.8 Å². The van der Waals surface area contributed by atoms with Crippen LogP contribution in [-0.4, -0.2) is 69.4 Å². The van der Waals surface area contributed by atoms with Crippen molar-refractivity contribution in [3.8, 4) is 11.5 Å². The number of rotatable bonds is 9. The van der Waals surface area contributed by atoms with Gasteiger partial charge < -0.3 is 24.4 Å². The number of ether oxygens (including phenoxy) is 3. The maximum absolute atomic E-state index is 13.2. The highest BCUT2D eigenvalue weighted by Crippen LogP contribution is 2.28. The van der Waals surface area contributed by atoms with Crippen LogP contribution in [0, 0.1) is 0 Å². The molecule has 1 N–H and O–H groups in total. The summed E-state index contributed by atoms with van der Waals surface area (Å²) in [4.78, 5) is 17.3. The Morgan fingerprint density at radius 1 is 1.12 bits per heavy atom. The van der Waals surface area contributed by atoms with Gasteiger partial charge >= 0.3 is 6.03 Å². The van der Waals surface area contributed by atoms with Crippen LogP contribution >= 0.6 is 23.2 Å². The van der Waals surface area contributed by atoms with E-state index in [9.17, 15) is 4.79 Å². The monoisotopic (exact) mass is 481 g/mol. The highest BCUT2D eigenvalue weighted by Gasteiger charge is 2.19. The van der Waals surface area contributed by atoms with Gasteiger partial charge in [0.2, 0.25) is 0 Å². The van der Waals surface area contributed by atoms with Crippen molar-refractivity contribution in [2.24, 2.45) is 0 Å². The summed E-state index contributed by atoms with van der Waals surface area (Å²) in [7, 11) is 3.21. The van der Waals surface area contributed by atoms with E-state index in [1.165, 1.54) is 0 Å². The molecule has 0 atom stereocenters. The molecule has 32 heavy (non-hydrogen) atoms. The third-order valence-electron chi connectivity index (χ3n) is 5.32. The van der Waals surface area contributed by atoms with E-state index in [-0.39, 0.29) is 6.03 Å². The molecule has 0 aromatic heterocycles. The number of nitrogens with zero attached hydrogens (tertiary/aromatic N) is 2. The number of carbonyl (C=O) groups is 1. The standard InChI is InChI=1S/C23H29Cl2N3O4/c1-30-19-6-4-17(22(15-19)31-2)16-28(9-3-8-27-10-12-32-13-11-27)23(29)26-21-7-5-18(24)14-20(21)25/h4-7,14-15H,3,8-13,16H2,1-2H3,(H,26,29). The van der Waals surface area contributed by atoms with Gasteiger partial charge in [-0.25, -0.2) is 4.79 Å². The van der Waals surface area contributed by atoms with Crippen LogP contribution in [-0.2, 0) is 11.3 Å². The molecule has 9 heteroatoms. The van der Waals surface area contributed by atoms with Crippen LogP contribution in [0.15, 0.2) is 36.4 Å². The summed E-state index contributed by atoms with van der Waals surface area (Å²) in [6.07, 6.45) is 0.834. The van der Waals surface area contributed by atoms with E-state index in [0.29, 0.717) is 40.3 Å². The van der Waals surface area contributed by atoms with Crippen molar-refractivity contribution in [2.75, 3.05) is 58.9 Å². The minimum atomic E-state index is -0.242. The van der Waals surface area contributed by atoms with Gasteiger partial charge in [0.25, 0.3) is 0 Å². The van der Waals surface area contributed by atoms with E-state index >= 15 is 0 Å². The van der Waals surface area contributed by atoms with Crippen LogP contribution in [0.1, 0.15) is 12.0 Å². The summed E-state index contributed by atoms with van der Waals surface area (Å²) in [5, 5.41) is 3.81. The number of morpholine rings is 1. The van der Waals surface area contributed by atoms with Gasteiger partial charge in [-0.15, -0.1) is 0 Å². The number of methoxy groups -OCH3 is 2. The van der Waals surface area contributed by atoms with Crippen molar-refractivity contribution in [2.45, 2.75) is 13.0 Å². The molecule has 1 heterocycles. The molecule has 2 aromatic carbocycles. The second-order valence-corrected chi connectivity index (χ2v) is 8.30. The average molecular weight is 482 g/mol. The van der Waals surface area contributed by atoms with E-state index in [0.717, 1.165) is 44.8 Å². The number of anilines is 1. The molecule has 0 spiro atoms. The number of halogens is 2. The Morgan fingerprint density at radius 3 is 2.59 bits per heavy atom. The van der Waals surface area contributed by atoms with Crippen molar-refractivity contribution < 1.29 is 19.0 Å². The van der Waals surface area contributed by atoms with Gasteiger partial charge in [-0.2, -0.15) is 0 Å². The zero-order valence-corrected chi connectivity index (χ0v) is 19.9. The fraction of sp³-hybridized carbons (Fsp3) is 0.435. The summed E-state index contributed by atoms with van der Waals surface area (Å²) in [6, 6.07) is 10.3. The maximum atomic E-state index is 13.2. The number of urea groups is 1. The molecular formula is C23H29Cl2N3O4. The van der Waals surface area contributed by atoms with Gasteiger partial charge in [0.05, 0.1) is 44.7 Å². The number of hydrogen-bond donors (Lipinski definition) is 1. The van der Waals surface area contributed by atoms with Gasteiger partial charge in [-0.05, 0) is 36.8 Å². The van der Waals surface area contributed by atoms with Crippen LogP contribution in [0.25, 0.3) is 0 Å². The number of carbonyl (C=O) groups excluding carboxylic acids is 1. The zero-order valence-electron chi connectivity index (χ0n) is 18.4. The Hall–Kier alpha value is -2.19. The molecule has 2 amide bonds. The fourth-order valence-corrected chi connectivity index (χ4v) is 3.99. The quantitative estimate of drug-likeness (QED) is 0.558. The van der Waals surface area contributed by atoms with Crippen molar-refractivity contribution in [3.05, 3.63) is 52.0 Å². The van der Waals surface area contributed by atoms with E-state index in [4.69, 9.17) is 37.4 Å². The summed E-state index contributed by atoms with van der Waals surface area (Å²) in [5.74, 6) is 1.36. The Balaban J connectivity index is 1.72. The number of amides is 2. The highest BCUT2D eigenvalue weighted by molar-refractivity contribution is 6.36. The molecular weight excluding hydrogens is 453 g/mol. The smallest absolute Gasteiger partial charge is 0.322 e. The van der Waals surface area contributed by atoms with Crippen LogP contribution in [0.2, 0.25) is 10.0 Å². The normalized spacial score (nSPS) is 14.1. The maximum Gasteiger partial charge on any atom is 0.322 e. The Kier molecular flexibility index (Phi) is 9.29. The van der Waals surface area contributed by atoms with Crippen molar-refractivity contribution >= 4 is 34.9 Å². The lowest BCUT2D eigenvalue weighted by molar-refractivity contribution is 0.0365.